The summed E-state index contributed by atoms with van der Waals surface area (Å²) in [5.74, 6) is -0.711. The molecular formula is C4H10O7P2+2. The molecule has 0 saturated heterocycles. The van der Waals surface area contributed by atoms with E-state index in [4.69, 9.17) is 14.9 Å². The molecular weight excluding hydrogens is 222 g/mol. The Hall–Kier alpha value is -0.450. The maximum atomic E-state index is 9.60. The van der Waals surface area contributed by atoms with Gasteiger partial charge in [-0.3, -0.25) is 4.79 Å². The smallest absolute Gasteiger partial charge is 0.481 e. The van der Waals surface area contributed by atoms with E-state index in [0.29, 0.717) is 6.42 Å². The largest absolute Gasteiger partial charge is 0.745 e. The topological polar surface area (TPSA) is 121 Å². The zero-order valence-electron chi connectivity index (χ0n) is 6.78. The SMILES string of the molecule is CCCC(=O)O.O=[P+](O)O[P+](=O)O. The molecule has 2 unspecified atom stereocenters. The highest BCUT2D eigenvalue weighted by Gasteiger charge is 2.31. The number of hydrogen-bond donors (Lipinski definition) is 3. The summed E-state index contributed by atoms with van der Waals surface area (Å²) in [4.78, 5) is 24.9. The summed E-state index contributed by atoms with van der Waals surface area (Å²) >= 11 is 0. The second kappa shape index (κ2) is 9.64. The van der Waals surface area contributed by atoms with Gasteiger partial charge in [0.15, 0.2) is 4.31 Å². The molecule has 0 heterocycles. The number of hydrogen-bond acceptors (Lipinski definition) is 4. The maximum Gasteiger partial charge on any atom is 0.745 e. The molecule has 3 N–H and O–H groups in total. The second-order valence-corrected chi connectivity index (χ2v) is 3.31. The predicted octanol–water partition coefficient (Wildman–Crippen LogP) is 1.17. The van der Waals surface area contributed by atoms with Crippen LogP contribution in [0.4, 0.5) is 0 Å². The predicted molar refractivity (Wildman–Crippen MR) is 43.3 cm³/mol. The van der Waals surface area contributed by atoms with Crippen molar-refractivity contribution in [2.75, 3.05) is 0 Å². The van der Waals surface area contributed by atoms with Gasteiger partial charge in [0.2, 0.25) is 0 Å². The van der Waals surface area contributed by atoms with E-state index in [9.17, 15) is 13.9 Å². The van der Waals surface area contributed by atoms with Gasteiger partial charge in [-0.25, -0.2) is 0 Å². The number of aliphatic carboxylic acids is 1. The van der Waals surface area contributed by atoms with Crippen LogP contribution in [0.1, 0.15) is 19.8 Å². The van der Waals surface area contributed by atoms with E-state index in [0.717, 1.165) is 6.42 Å². The minimum atomic E-state index is -2.92. The van der Waals surface area contributed by atoms with Crippen molar-refractivity contribution >= 4 is 22.5 Å². The lowest BCUT2D eigenvalue weighted by Crippen LogP contribution is -1.90. The van der Waals surface area contributed by atoms with E-state index in [1.807, 2.05) is 6.92 Å². The molecule has 2 atom stereocenters. The second-order valence-electron chi connectivity index (χ2n) is 1.70. The molecule has 0 aromatic heterocycles. The van der Waals surface area contributed by atoms with Gasteiger partial charge < -0.3 is 5.11 Å². The van der Waals surface area contributed by atoms with Gasteiger partial charge in [-0.1, -0.05) is 6.92 Å². The number of carbonyl (C=O) groups is 1. The van der Waals surface area contributed by atoms with Gasteiger partial charge in [0.25, 0.3) is 0 Å². The highest BCUT2D eigenvalue weighted by molar-refractivity contribution is 7.46. The normalized spacial score (nSPS) is 11.0. The molecule has 0 radical (unpaired) electrons. The monoisotopic (exact) mass is 232 g/mol. The van der Waals surface area contributed by atoms with Gasteiger partial charge in [-0.2, -0.15) is 0 Å². The average Bonchev–Trinajstić information content (AvgIpc) is 1.83. The molecule has 0 fully saturated rings. The van der Waals surface area contributed by atoms with Crippen LogP contribution in [0.5, 0.6) is 0 Å². The van der Waals surface area contributed by atoms with Gasteiger partial charge in [-0.05, 0) is 6.42 Å². The molecule has 13 heavy (non-hydrogen) atoms. The zero-order valence-corrected chi connectivity index (χ0v) is 8.57. The van der Waals surface area contributed by atoms with E-state index in [-0.39, 0.29) is 0 Å². The van der Waals surface area contributed by atoms with Crippen LogP contribution < -0.4 is 0 Å². The molecule has 0 amide bonds. The van der Waals surface area contributed by atoms with E-state index in [1.54, 1.807) is 0 Å². The summed E-state index contributed by atoms with van der Waals surface area (Å²) < 4.78 is 22.2. The third-order valence-corrected chi connectivity index (χ3v) is 1.72. The van der Waals surface area contributed by atoms with Crippen LogP contribution in [0, 0.1) is 0 Å². The standard InChI is InChI=1S/C4H8O2.O5P2/c1-2-3-4(5)6;1-6(2)5-7(3)4/h2-3H2,1H3,(H,5,6);/p+2. The first-order chi connectivity index (χ1) is 5.90. The molecule has 0 aromatic carbocycles. The first-order valence-corrected chi connectivity index (χ1v) is 5.38. The molecule has 0 bridgehead atoms. The molecule has 7 nitrogen and oxygen atoms in total. The summed E-state index contributed by atoms with van der Waals surface area (Å²) in [5.41, 5.74) is 0. The fourth-order valence-electron chi connectivity index (χ4n) is 0.274. The van der Waals surface area contributed by atoms with Crippen LogP contribution >= 0.6 is 16.5 Å². The summed E-state index contributed by atoms with van der Waals surface area (Å²) in [7, 11) is -5.85. The molecule has 0 aliphatic heterocycles. The van der Waals surface area contributed by atoms with Gasteiger partial charge >= 0.3 is 22.5 Å². The lowest BCUT2D eigenvalue weighted by atomic mass is 10.4. The first-order valence-electron chi connectivity index (χ1n) is 3.12. The minimum absolute atomic E-state index is 0.292. The van der Waals surface area contributed by atoms with Crippen molar-refractivity contribution in [1.29, 1.82) is 0 Å². The Labute approximate surface area is 76.3 Å². The summed E-state index contributed by atoms with van der Waals surface area (Å²) in [6, 6.07) is 0. The molecule has 0 aliphatic rings. The Morgan fingerprint density at radius 1 is 1.31 bits per heavy atom. The molecule has 0 spiro atoms. The van der Waals surface area contributed by atoms with Gasteiger partial charge in [0.05, 0.1) is 0 Å². The summed E-state index contributed by atoms with van der Waals surface area (Å²) in [6.45, 7) is 1.84. The molecule has 76 valence electrons. The fourth-order valence-corrected chi connectivity index (χ4v) is 0.752. The third kappa shape index (κ3) is 24.6. The fraction of sp³-hybridized carbons (Fsp3) is 0.750. The van der Waals surface area contributed by atoms with Crippen molar-refractivity contribution in [3.63, 3.8) is 0 Å². The Kier molecular flexibility index (Phi) is 11.2. The first kappa shape index (κ1) is 15.0. The Balaban J connectivity index is 0. The van der Waals surface area contributed by atoms with E-state index < -0.39 is 22.5 Å². The van der Waals surface area contributed by atoms with Gasteiger partial charge in [-0.15, -0.1) is 9.79 Å². The Bertz CT molecular complexity index is 179. The van der Waals surface area contributed by atoms with Crippen LogP contribution in [0.15, 0.2) is 0 Å². The maximum absolute atomic E-state index is 9.60. The van der Waals surface area contributed by atoms with Crippen molar-refractivity contribution in [3.8, 4) is 0 Å². The van der Waals surface area contributed by atoms with E-state index in [1.165, 1.54) is 0 Å². The number of rotatable bonds is 4. The van der Waals surface area contributed by atoms with Crippen LogP contribution in [0.25, 0.3) is 0 Å². The quantitative estimate of drug-likeness (QED) is 0.622. The molecule has 9 heteroatoms. The average molecular weight is 232 g/mol. The van der Waals surface area contributed by atoms with Crippen LogP contribution in [-0.2, 0) is 18.2 Å². The highest BCUT2D eigenvalue weighted by Crippen LogP contribution is 2.30. The van der Waals surface area contributed by atoms with E-state index in [2.05, 4.69) is 4.31 Å². The van der Waals surface area contributed by atoms with Gasteiger partial charge in [0.1, 0.15) is 0 Å². The minimum Gasteiger partial charge on any atom is -0.481 e. The Morgan fingerprint density at radius 3 is 1.69 bits per heavy atom. The van der Waals surface area contributed by atoms with Crippen molar-refractivity contribution in [2.45, 2.75) is 19.8 Å². The zero-order chi connectivity index (χ0) is 10.9. The number of carboxylic acid groups (broad SMARTS) is 1. The number of carboxylic acids is 1. The van der Waals surface area contributed by atoms with Crippen LogP contribution in [0.2, 0.25) is 0 Å². The van der Waals surface area contributed by atoms with Crippen molar-refractivity contribution < 1.29 is 33.1 Å². The Morgan fingerprint density at radius 2 is 1.69 bits per heavy atom. The van der Waals surface area contributed by atoms with Crippen LogP contribution in [-0.4, -0.2) is 20.9 Å². The molecule has 0 saturated carbocycles. The van der Waals surface area contributed by atoms with E-state index >= 15 is 0 Å². The lowest BCUT2D eigenvalue weighted by Gasteiger charge is -1.79. The highest BCUT2D eigenvalue weighted by atomic mass is 31.2. The van der Waals surface area contributed by atoms with Crippen molar-refractivity contribution in [3.05, 3.63) is 0 Å². The van der Waals surface area contributed by atoms with Crippen molar-refractivity contribution in [1.82, 2.24) is 0 Å². The summed E-state index contributed by atoms with van der Waals surface area (Å²) in [6.07, 6.45) is 1.02. The lowest BCUT2D eigenvalue weighted by molar-refractivity contribution is -0.137. The molecule has 0 aromatic rings. The molecule has 0 rings (SSSR count). The molecule has 0 aliphatic carbocycles. The van der Waals surface area contributed by atoms with Crippen LogP contribution in [0.3, 0.4) is 0 Å². The van der Waals surface area contributed by atoms with Gasteiger partial charge in [0, 0.05) is 15.6 Å². The third-order valence-electron chi connectivity index (χ3n) is 0.604. The van der Waals surface area contributed by atoms with Crippen molar-refractivity contribution in [2.24, 2.45) is 0 Å². The summed E-state index contributed by atoms with van der Waals surface area (Å²) in [5, 5.41) is 7.91.